The van der Waals surface area contributed by atoms with Crippen molar-refractivity contribution >= 4 is 16.9 Å². The van der Waals surface area contributed by atoms with E-state index in [1.165, 1.54) is 11.1 Å². The van der Waals surface area contributed by atoms with E-state index in [0.717, 1.165) is 47.2 Å². The van der Waals surface area contributed by atoms with Gasteiger partial charge in [-0.1, -0.05) is 18.2 Å². The highest BCUT2D eigenvalue weighted by Gasteiger charge is 2.49. The number of hydrogen-bond donors (Lipinski definition) is 2. The van der Waals surface area contributed by atoms with Gasteiger partial charge in [0.1, 0.15) is 5.75 Å². The smallest absolute Gasteiger partial charge is 0.335 e. The third-order valence-electron chi connectivity index (χ3n) is 7.26. The summed E-state index contributed by atoms with van der Waals surface area (Å²) in [6.45, 7) is 5.53. The number of ether oxygens (including phenoxy) is 2. The molecule has 1 aromatic heterocycles. The zero-order valence-corrected chi connectivity index (χ0v) is 19.4. The van der Waals surface area contributed by atoms with Gasteiger partial charge >= 0.3 is 5.97 Å². The van der Waals surface area contributed by atoms with Crippen LogP contribution < -0.4 is 4.74 Å². The summed E-state index contributed by atoms with van der Waals surface area (Å²) in [6, 6.07) is 11.6. The molecule has 1 unspecified atom stereocenters. The summed E-state index contributed by atoms with van der Waals surface area (Å²) in [6.07, 6.45) is 7.08. The first kappa shape index (κ1) is 21.6. The number of hydrogen-bond acceptors (Lipinski definition) is 4. The Balaban J connectivity index is 1.60. The second-order valence-electron chi connectivity index (χ2n) is 9.03. The van der Waals surface area contributed by atoms with Crippen molar-refractivity contribution in [2.24, 2.45) is 0 Å². The molecule has 2 bridgehead atoms. The number of H-pyrrole nitrogens is 1. The van der Waals surface area contributed by atoms with Crippen molar-refractivity contribution in [2.45, 2.75) is 51.3 Å². The number of nitrogens with zero attached hydrogens (tertiary/aromatic N) is 1. The highest BCUT2D eigenvalue weighted by Crippen LogP contribution is 2.52. The van der Waals surface area contributed by atoms with Gasteiger partial charge < -0.3 is 24.5 Å². The van der Waals surface area contributed by atoms with Gasteiger partial charge in [-0.3, -0.25) is 0 Å². The van der Waals surface area contributed by atoms with Crippen molar-refractivity contribution in [3.8, 4) is 5.75 Å². The SMILES string of the molecule is CCO[C@H]1CC2=CCC(c3ccc(C(=O)O)cc3)(C1)N2Cc1c(OC)cc(C)c2[nH]ccc12. The molecular weight excluding hydrogens is 416 g/mol. The molecule has 33 heavy (non-hydrogen) atoms. The van der Waals surface area contributed by atoms with Crippen LogP contribution in [0, 0.1) is 6.92 Å². The number of fused-ring (bicyclic) bond motifs is 3. The van der Waals surface area contributed by atoms with Crippen LogP contribution in [-0.4, -0.2) is 40.8 Å². The van der Waals surface area contributed by atoms with Crippen molar-refractivity contribution in [1.82, 2.24) is 9.88 Å². The standard InChI is InChI=1S/C27H30N2O4/c1-4-33-21-14-20-9-11-27(15-21,19-7-5-18(6-8-19)26(30)31)29(20)16-23-22-10-12-28-25(22)17(2)13-24(23)32-3/h5-10,12-13,21,28H,4,11,14-16H2,1-3H3,(H,30,31)/t21-,27?/m0/s1. The lowest BCUT2D eigenvalue weighted by molar-refractivity contribution is -0.0248. The number of piperidine rings is 1. The van der Waals surface area contributed by atoms with E-state index in [0.29, 0.717) is 18.7 Å². The zero-order valence-electron chi connectivity index (χ0n) is 19.4. The third-order valence-corrected chi connectivity index (χ3v) is 7.26. The highest BCUT2D eigenvalue weighted by molar-refractivity contribution is 5.88. The van der Waals surface area contributed by atoms with E-state index in [-0.39, 0.29) is 11.6 Å². The number of aromatic amines is 1. The molecule has 3 heterocycles. The maximum atomic E-state index is 11.4. The van der Waals surface area contributed by atoms with Crippen LogP contribution in [-0.2, 0) is 16.8 Å². The van der Waals surface area contributed by atoms with Crippen LogP contribution in [0.3, 0.4) is 0 Å². The Morgan fingerprint density at radius 1 is 1.27 bits per heavy atom. The number of rotatable bonds is 7. The monoisotopic (exact) mass is 446 g/mol. The molecule has 0 spiro atoms. The molecule has 6 nitrogen and oxygen atoms in total. The minimum absolute atomic E-state index is 0.145. The number of nitrogens with one attached hydrogen (secondary N) is 1. The molecular formula is C27H30N2O4. The minimum Gasteiger partial charge on any atom is -0.496 e. The van der Waals surface area contributed by atoms with Gasteiger partial charge in [-0.15, -0.1) is 0 Å². The largest absolute Gasteiger partial charge is 0.496 e. The van der Waals surface area contributed by atoms with Crippen LogP contribution in [0.5, 0.6) is 5.75 Å². The average Bonchev–Trinajstić information content (AvgIpc) is 3.38. The van der Waals surface area contributed by atoms with E-state index in [1.807, 2.05) is 25.3 Å². The molecule has 6 heteroatoms. The van der Waals surface area contributed by atoms with Crippen molar-refractivity contribution < 1.29 is 19.4 Å². The van der Waals surface area contributed by atoms with Crippen LogP contribution in [0.25, 0.3) is 10.9 Å². The number of benzene rings is 2. The fourth-order valence-corrected chi connectivity index (χ4v) is 5.71. The Kier molecular flexibility index (Phi) is 5.41. The lowest BCUT2D eigenvalue weighted by Gasteiger charge is -2.48. The molecule has 2 atom stereocenters. The Labute approximate surface area is 193 Å². The zero-order chi connectivity index (χ0) is 23.2. The summed E-state index contributed by atoms with van der Waals surface area (Å²) in [5.74, 6) is -0.0147. The first-order valence-electron chi connectivity index (χ1n) is 11.5. The van der Waals surface area contributed by atoms with Crippen molar-refractivity contribution in [2.75, 3.05) is 13.7 Å². The Morgan fingerprint density at radius 3 is 2.76 bits per heavy atom. The molecule has 1 fully saturated rings. The summed E-state index contributed by atoms with van der Waals surface area (Å²) >= 11 is 0. The molecule has 0 saturated carbocycles. The minimum atomic E-state index is -0.906. The number of carboxylic acid groups (broad SMARTS) is 1. The highest BCUT2D eigenvalue weighted by atomic mass is 16.5. The molecule has 5 rings (SSSR count). The lowest BCUT2D eigenvalue weighted by atomic mass is 9.79. The molecule has 2 aliphatic rings. The average molecular weight is 447 g/mol. The Morgan fingerprint density at radius 2 is 2.06 bits per heavy atom. The number of aryl methyl sites for hydroxylation is 1. The predicted octanol–water partition coefficient (Wildman–Crippen LogP) is 5.37. The molecule has 2 N–H and O–H groups in total. The quantitative estimate of drug-likeness (QED) is 0.511. The summed E-state index contributed by atoms with van der Waals surface area (Å²) in [7, 11) is 1.73. The van der Waals surface area contributed by atoms with E-state index >= 15 is 0 Å². The fraction of sp³-hybridized carbons (Fsp3) is 0.370. The molecule has 2 aliphatic heterocycles. The maximum absolute atomic E-state index is 11.4. The van der Waals surface area contributed by atoms with Crippen molar-refractivity contribution in [1.29, 1.82) is 0 Å². The van der Waals surface area contributed by atoms with Crippen LogP contribution in [0.1, 0.15) is 53.2 Å². The predicted molar refractivity (Wildman–Crippen MR) is 128 cm³/mol. The lowest BCUT2D eigenvalue weighted by Crippen LogP contribution is -2.48. The van der Waals surface area contributed by atoms with E-state index in [1.54, 1.807) is 19.2 Å². The normalized spacial score (nSPS) is 22.0. The van der Waals surface area contributed by atoms with Crippen LogP contribution in [0.4, 0.5) is 0 Å². The number of methoxy groups -OCH3 is 1. The molecule has 1 saturated heterocycles. The first-order valence-corrected chi connectivity index (χ1v) is 11.5. The van der Waals surface area contributed by atoms with Crippen LogP contribution >= 0.6 is 0 Å². The van der Waals surface area contributed by atoms with E-state index in [9.17, 15) is 9.90 Å². The molecule has 172 valence electrons. The second-order valence-corrected chi connectivity index (χ2v) is 9.03. The van der Waals surface area contributed by atoms with Crippen molar-refractivity contribution in [3.63, 3.8) is 0 Å². The van der Waals surface area contributed by atoms with E-state index in [2.05, 4.69) is 35.0 Å². The van der Waals surface area contributed by atoms with Gasteiger partial charge in [0, 0.05) is 54.4 Å². The van der Waals surface area contributed by atoms with Gasteiger partial charge in [0.05, 0.1) is 24.3 Å². The molecule has 3 aromatic rings. The Bertz CT molecular complexity index is 1230. The summed E-state index contributed by atoms with van der Waals surface area (Å²) in [4.78, 5) is 17.3. The summed E-state index contributed by atoms with van der Waals surface area (Å²) in [5, 5.41) is 10.6. The molecule has 0 amide bonds. The molecule has 0 radical (unpaired) electrons. The van der Waals surface area contributed by atoms with Crippen molar-refractivity contribution in [3.05, 3.63) is 76.6 Å². The number of aromatic nitrogens is 1. The van der Waals surface area contributed by atoms with Gasteiger partial charge in [-0.2, -0.15) is 0 Å². The second kappa shape index (κ2) is 8.27. The topological polar surface area (TPSA) is 74.8 Å². The van der Waals surface area contributed by atoms with Gasteiger partial charge in [0.25, 0.3) is 0 Å². The maximum Gasteiger partial charge on any atom is 0.335 e. The van der Waals surface area contributed by atoms with Crippen LogP contribution in [0.2, 0.25) is 0 Å². The van der Waals surface area contributed by atoms with E-state index < -0.39 is 5.97 Å². The third kappa shape index (κ3) is 3.49. The fourth-order valence-electron chi connectivity index (χ4n) is 5.71. The molecule has 0 aliphatic carbocycles. The Hall–Kier alpha value is -3.25. The summed E-state index contributed by atoms with van der Waals surface area (Å²) < 4.78 is 11.9. The molecule has 2 aromatic carbocycles. The van der Waals surface area contributed by atoms with Gasteiger partial charge in [-0.25, -0.2) is 4.79 Å². The van der Waals surface area contributed by atoms with Gasteiger partial charge in [-0.05, 0) is 55.7 Å². The van der Waals surface area contributed by atoms with E-state index in [4.69, 9.17) is 9.47 Å². The van der Waals surface area contributed by atoms with Gasteiger partial charge in [0.15, 0.2) is 0 Å². The first-order chi connectivity index (χ1) is 16.0. The van der Waals surface area contributed by atoms with Crippen LogP contribution in [0.15, 0.2) is 54.4 Å². The number of carbonyl (C=O) groups is 1. The summed E-state index contributed by atoms with van der Waals surface area (Å²) in [5.41, 5.74) is 5.90. The van der Waals surface area contributed by atoms with Gasteiger partial charge in [0.2, 0.25) is 0 Å². The number of carboxylic acids is 1. The number of aromatic carboxylic acids is 1.